The number of quaternary nitrogens is 1. The molecule has 3 fully saturated rings. The molecule has 1 aliphatic carbocycles. The molecule has 1 unspecified atom stereocenters. The maximum atomic E-state index is 10.3. The number of nitrogens with one attached hydrogen (secondary N) is 1. The van der Waals surface area contributed by atoms with Crippen LogP contribution in [0.1, 0.15) is 25.3 Å². The average Bonchev–Trinajstić information content (AvgIpc) is 3.08. The molecule has 2 saturated heterocycles. The molecule has 3 heteroatoms. The van der Waals surface area contributed by atoms with Crippen molar-refractivity contribution < 1.29 is 9.59 Å². The van der Waals surface area contributed by atoms with E-state index < -0.39 is 0 Å². The summed E-state index contributed by atoms with van der Waals surface area (Å²) in [6, 6.07) is 10.0. The molecule has 1 spiro atoms. The van der Waals surface area contributed by atoms with Gasteiger partial charge in [-0.15, -0.1) is 0 Å². The summed E-state index contributed by atoms with van der Waals surface area (Å²) < 4.78 is 1.20. The maximum Gasteiger partial charge on any atom is 0.102 e. The number of likely N-dealkylation sites (N-methyl/N-ethyl adjacent to an activating group) is 1. The van der Waals surface area contributed by atoms with Gasteiger partial charge in [0, 0.05) is 37.1 Å². The molecule has 2 bridgehead atoms. The lowest BCUT2D eigenvalue weighted by molar-refractivity contribution is -0.925. The van der Waals surface area contributed by atoms with Gasteiger partial charge >= 0.3 is 0 Å². The van der Waals surface area contributed by atoms with Crippen LogP contribution in [0.5, 0.6) is 0 Å². The molecule has 5 rings (SSSR count). The summed E-state index contributed by atoms with van der Waals surface area (Å²) in [7, 11) is 2.47. The first-order valence-electron chi connectivity index (χ1n) is 9.10. The van der Waals surface area contributed by atoms with Crippen LogP contribution >= 0.6 is 0 Å². The van der Waals surface area contributed by atoms with Crippen LogP contribution in [0.3, 0.4) is 0 Å². The molecule has 1 aromatic carbocycles. The van der Waals surface area contributed by atoms with Crippen LogP contribution in [0.4, 0.5) is 5.69 Å². The molecular formula is C20H27N2O+. The molecule has 3 nitrogen and oxygen atoms in total. The molecule has 122 valence electrons. The lowest BCUT2D eigenvalue weighted by Crippen LogP contribution is -2.67. The van der Waals surface area contributed by atoms with E-state index in [-0.39, 0.29) is 5.41 Å². The number of hydrogen-bond donors (Lipinski definition) is 2. The lowest BCUT2D eigenvalue weighted by Gasteiger charge is -2.56. The summed E-state index contributed by atoms with van der Waals surface area (Å²) in [5.41, 5.74) is 4.65. The standard InChI is InChI=1S/C20H27N2O/c1-3-13-11-22(2)9-8-20-16-6-4-5-7-17(16)21-19(20)15(12-23)14(13)10-18(20)22/h3-7,14-15,18-19,21,23H,8-12H2,1-2H3/q+1/b13-3-/t14-,15+,18-,19+,20-,22?/m0/s1. The van der Waals surface area contributed by atoms with Crippen LogP contribution < -0.4 is 5.32 Å². The number of allylic oxidation sites excluding steroid dienone is 1. The molecule has 1 aromatic rings. The Labute approximate surface area is 138 Å². The highest BCUT2D eigenvalue weighted by Crippen LogP contribution is 2.62. The minimum atomic E-state index is 0.231. The Morgan fingerprint density at radius 3 is 3.00 bits per heavy atom. The van der Waals surface area contributed by atoms with Crippen molar-refractivity contribution in [1.82, 2.24) is 0 Å². The number of hydrogen-bond acceptors (Lipinski definition) is 2. The minimum Gasteiger partial charge on any atom is -0.396 e. The number of para-hydroxylation sites is 1. The molecule has 0 aromatic heterocycles. The van der Waals surface area contributed by atoms with Crippen LogP contribution in [-0.4, -0.2) is 48.4 Å². The van der Waals surface area contributed by atoms with E-state index in [1.807, 2.05) is 0 Å². The van der Waals surface area contributed by atoms with Crippen molar-refractivity contribution in [3.63, 3.8) is 0 Å². The number of piperidine rings is 1. The predicted octanol–water partition coefficient (Wildman–Crippen LogP) is 2.53. The van der Waals surface area contributed by atoms with Gasteiger partial charge in [0.05, 0.1) is 19.0 Å². The van der Waals surface area contributed by atoms with Gasteiger partial charge < -0.3 is 14.9 Å². The van der Waals surface area contributed by atoms with Crippen LogP contribution in [0, 0.1) is 11.8 Å². The Kier molecular flexibility index (Phi) is 2.69. The van der Waals surface area contributed by atoms with Gasteiger partial charge in [-0.25, -0.2) is 0 Å². The van der Waals surface area contributed by atoms with Crippen LogP contribution in [0.15, 0.2) is 35.9 Å². The third-order valence-electron chi connectivity index (χ3n) is 7.70. The van der Waals surface area contributed by atoms with E-state index in [0.717, 1.165) is 0 Å². The van der Waals surface area contributed by atoms with Gasteiger partial charge in [-0.2, -0.15) is 0 Å². The Bertz CT molecular complexity index is 699. The van der Waals surface area contributed by atoms with Gasteiger partial charge in [-0.05, 0) is 30.0 Å². The Balaban J connectivity index is 1.74. The first-order chi connectivity index (χ1) is 11.1. The fourth-order valence-electron chi connectivity index (χ4n) is 6.76. The second-order valence-corrected chi connectivity index (χ2v) is 8.39. The van der Waals surface area contributed by atoms with E-state index >= 15 is 0 Å². The third kappa shape index (κ3) is 1.49. The van der Waals surface area contributed by atoms with Crippen LogP contribution in [0.25, 0.3) is 0 Å². The molecule has 23 heavy (non-hydrogen) atoms. The smallest absolute Gasteiger partial charge is 0.102 e. The van der Waals surface area contributed by atoms with Crippen molar-refractivity contribution in [1.29, 1.82) is 0 Å². The topological polar surface area (TPSA) is 32.3 Å². The Hall–Kier alpha value is -1.32. The van der Waals surface area contributed by atoms with Gasteiger partial charge in [-0.3, -0.25) is 0 Å². The van der Waals surface area contributed by atoms with Gasteiger partial charge in [-0.1, -0.05) is 24.3 Å². The normalized spacial score (nSPS) is 48.0. The van der Waals surface area contributed by atoms with Crippen molar-refractivity contribution >= 4 is 5.69 Å². The summed E-state index contributed by atoms with van der Waals surface area (Å²) >= 11 is 0. The molecule has 6 atom stereocenters. The second kappa shape index (κ2) is 4.40. The lowest BCUT2D eigenvalue weighted by atomic mass is 9.55. The zero-order valence-corrected chi connectivity index (χ0v) is 14.1. The fourth-order valence-corrected chi connectivity index (χ4v) is 6.76. The highest BCUT2D eigenvalue weighted by molar-refractivity contribution is 5.64. The van der Waals surface area contributed by atoms with Gasteiger partial charge in [0.2, 0.25) is 0 Å². The first-order valence-corrected chi connectivity index (χ1v) is 9.10. The maximum absolute atomic E-state index is 10.3. The van der Waals surface area contributed by atoms with E-state index in [0.29, 0.717) is 30.5 Å². The van der Waals surface area contributed by atoms with Gasteiger partial charge in [0.1, 0.15) is 12.6 Å². The molecule has 4 aliphatic rings. The van der Waals surface area contributed by atoms with Crippen molar-refractivity contribution in [3.05, 3.63) is 41.5 Å². The Morgan fingerprint density at radius 2 is 2.22 bits per heavy atom. The number of nitrogens with zero attached hydrogens (tertiary/aromatic N) is 1. The number of fused-ring (bicyclic) bond motifs is 2. The summed E-state index contributed by atoms with van der Waals surface area (Å²) in [5.74, 6) is 0.899. The highest BCUT2D eigenvalue weighted by Gasteiger charge is 2.70. The van der Waals surface area contributed by atoms with E-state index in [1.54, 1.807) is 5.57 Å². The van der Waals surface area contributed by atoms with Crippen LogP contribution in [-0.2, 0) is 5.41 Å². The number of benzene rings is 1. The van der Waals surface area contributed by atoms with E-state index in [1.165, 1.54) is 41.7 Å². The molecule has 1 saturated carbocycles. The van der Waals surface area contributed by atoms with Crippen molar-refractivity contribution in [3.8, 4) is 0 Å². The molecule has 3 aliphatic heterocycles. The number of aliphatic hydroxyl groups excluding tert-OH is 1. The molecule has 0 amide bonds. The van der Waals surface area contributed by atoms with E-state index in [9.17, 15) is 5.11 Å². The fraction of sp³-hybridized carbons (Fsp3) is 0.600. The SMILES string of the molecule is C/C=C1/C[N+]2(C)CC[C@@]34c5ccccc5N[C@@H]3[C@H](CO)[C@H]1C[C@@H]42. The number of rotatable bonds is 1. The Morgan fingerprint density at radius 1 is 1.39 bits per heavy atom. The number of anilines is 1. The number of aliphatic hydroxyl groups is 1. The summed E-state index contributed by atoms with van der Waals surface area (Å²) in [6.07, 6.45) is 4.83. The van der Waals surface area contributed by atoms with Gasteiger partial charge in [0.25, 0.3) is 0 Å². The van der Waals surface area contributed by atoms with Crippen molar-refractivity contribution in [2.45, 2.75) is 37.3 Å². The molecule has 0 radical (unpaired) electrons. The summed E-state index contributed by atoms with van der Waals surface area (Å²) in [4.78, 5) is 0. The molecule has 2 N–H and O–H groups in total. The van der Waals surface area contributed by atoms with E-state index in [2.05, 4.69) is 49.6 Å². The van der Waals surface area contributed by atoms with Crippen molar-refractivity contribution in [2.75, 3.05) is 32.1 Å². The zero-order chi connectivity index (χ0) is 15.8. The highest BCUT2D eigenvalue weighted by atomic mass is 16.3. The van der Waals surface area contributed by atoms with Crippen molar-refractivity contribution in [2.24, 2.45) is 11.8 Å². The molecular weight excluding hydrogens is 284 g/mol. The third-order valence-corrected chi connectivity index (χ3v) is 7.70. The predicted molar refractivity (Wildman–Crippen MR) is 92.3 cm³/mol. The largest absolute Gasteiger partial charge is 0.396 e. The zero-order valence-electron chi connectivity index (χ0n) is 14.1. The average molecular weight is 311 g/mol. The quantitative estimate of drug-likeness (QED) is 0.617. The van der Waals surface area contributed by atoms with Gasteiger partial charge in [0.15, 0.2) is 0 Å². The first kappa shape index (κ1) is 14.1. The summed E-state index contributed by atoms with van der Waals surface area (Å²) in [5, 5.41) is 14.1. The van der Waals surface area contributed by atoms with E-state index in [4.69, 9.17) is 0 Å². The monoisotopic (exact) mass is 311 g/mol. The summed E-state index contributed by atoms with van der Waals surface area (Å²) in [6.45, 7) is 4.93. The molecule has 3 heterocycles. The minimum absolute atomic E-state index is 0.231. The second-order valence-electron chi connectivity index (χ2n) is 8.39. The van der Waals surface area contributed by atoms with Crippen LogP contribution in [0.2, 0.25) is 0 Å².